The van der Waals surface area contributed by atoms with Crippen molar-refractivity contribution in [3.05, 3.63) is 36.1 Å². The molecule has 0 aliphatic carbocycles. The molecule has 9 heteroatoms. The van der Waals surface area contributed by atoms with Gasteiger partial charge in [-0.25, -0.2) is 9.97 Å². The van der Waals surface area contributed by atoms with E-state index in [-0.39, 0.29) is 23.5 Å². The number of carbonyl (C=O) groups is 1. The molecule has 0 N–H and O–H groups in total. The van der Waals surface area contributed by atoms with E-state index in [1.807, 2.05) is 26.8 Å². The maximum Gasteiger partial charge on any atom is 0.310 e. The molecule has 2 unspecified atom stereocenters. The molecule has 2 aromatic heterocycles. The molecule has 3 rings (SSSR count). The number of hydrogen-bond donors (Lipinski definition) is 1. The van der Waals surface area contributed by atoms with Gasteiger partial charge >= 0.3 is 5.91 Å². The predicted octanol–water partition coefficient (Wildman–Crippen LogP) is 2.52. The summed E-state index contributed by atoms with van der Waals surface area (Å²) in [5.74, 6) is -0.113. The van der Waals surface area contributed by atoms with Gasteiger partial charge in [0.2, 0.25) is 0 Å². The maximum atomic E-state index is 13.1. The van der Waals surface area contributed by atoms with Gasteiger partial charge in [0.25, 0.3) is 5.89 Å². The maximum absolute atomic E-state index is 13.1. The van der Waals surface area contributed by atoms with Crippen molar-refractivity contribution in [1.29, 1.82) is 10.5 Å². The van der Waals surface area contributed by atoms with Gasteiger partial charge in [-0.2, -0.15) is 10.5 Å². The molecular formula is C19H20N6O2S. The molecule has 8 nitrogen and oxygen atoms in total. The van der Waals surface area contributed by atoms with Crippen molar-refractivity contribution in [3.8, 4) is 23.6 Å². The van der Waals surface area contributed by atoms with Crippen LogP contribution in [0.25, 0.3) is 11.3 Å². The Bertz CT molecular complexity index is 977. The largest absolute Gasteiger partial charge is 0.432 e. The zero-order valence-electron chi connectivity index (χ0n) is 15.8. The minimum absolute atomic E-state index is 0.0350. The normalized spacial score (nSPS) is 23.9. The van der Waals surface area contributed by atoms with E-state index in [9.17, 15) is 10.1 Å². The molecule has 1 amide bonds. The van der Waals surface area contributed by atoms with Crippen LogP contribution >= 0.6 is 12.6 Å². The van der Waals surface area contributed by atoms with Crippen molar-refractivity contribution < 1.29 is 9.21 Å². The van der Waals surface area contributed by atoms with Crippen molar-refractivity contribution in [3.63, 3.8) is 0 Å². The fourth-order valence-electron chi connectivity index (χ4n) is 3.51. The number of likely N-dealkylation sites (N-methyl/N-ethyl adjacent to an activating group) is 1. The molecule has 0 saturated carbocycles. The SMILES string of the molecule is CCN(C(=O)c1ncc(-c2ccnc(C#N)c2)o1)C1(S)CN(C#N)C(C)[C@@H]1C. The van der Waals surface area contributed by atoms with Crippen LogP contribution in [0, 0.1) is 28.7 Å². The van der Waals surface area contributed by atoms with Gasteiger partial charge in [-0.1, -0.05) is 6.92 Å². The molecule has 0 aromatic carbocycles. The van der Waals surface area contributed by atoms with Crippen LogP contribution in [-0.2, 0) is 0 Å². The molecule has 2 aromatic rings. The second kappa shape index (κ2) is 7.53. The Morgan fingerprint density at radius 2 is 2.21 bits per heavy atom. The van der Waals surface area contributed by atoms with E-state index in [4.69, 9.17) is 22.3 Å². The molecule has 28 heavy (non-hydrogen) atoms. The number of pyridine rings is 1. The third-order valence-corrected chi connectivity index (χ3v) is 6.14. The quantitative estimate of drug-likeness (QED) is 0.480. The third-order valence-electron chi connectivity index (χ3n) is 5.35. The number of thiol groups is 1. The Morgan fingerprint density at radius 3 is 2.82 bits per heavy atom. The lowest BCUT2D eigenvalue weighted by Gasteiger charge is -2.39. The molecule has 0 radical (unpaired) electrons. The predicted molar refractivity (Wildman–Crippen MR) is 104 cm³/mol. The van der Waals surface area contributed by atoms with E-state index in [1.54, 1.807) is 21.9 Å². The molecule has 1 aliphatic heterocycles. The van der Waals surface area contributed by atoms with Gasteiger partial charge in [0.05, 0.1) is 12.7 Å². The number of rotatable bonds is 4. The Kier molecular flexibility index (Phi) is 5.30. The lowest BCUT2D eigenvalue weighted by Crippen LogP contribution is -2.52. The molecule has 1 aliphatic rings. The number of likely N-dealkylation sites (tertiary alicyclic amines) is 1. The number of aromatic nitrogens is 2. The van der Waals surface area contributed by atoms with Crippen LogP contribution in [-0.4, -0.2) is 49.7 Å². The monoisotopic (exact) mass is 396 g/mol. The first-order valence-corrected chi connectivity index (χ1v) is 9.33. The Labute approximate surface area is 168 Å². The highest BCUT2D eigenvalue weighted by molar-refractivity contribution is 7.81. The first kappa shape index (κ1) is 19.7. The van der Waals surface area contributed by atoms with Gasteiger partial charge < -0.3 is 14.2 Å². The van der Waals surface area contributed by atoms with Gasteiger partial charge in [0.1, 0.15) is 16.6 Å². The smallest absolute Gasteiger partial charge is 0.310 e. The van der Waals surface area contributed by atoms with E-state index in [2.05, 4.69) is 16.2 Å². The van der Waals surface area contributed by atoms with Crippen LogP contribution in [0.15, 0.2) is 28.9 Å². The summed E-state index contributed by atoms with van der Waals surface area (Å²) in [6.45, 7) is 6.51. The van der Waals surface area contributed by atoms with Crippen LogP contribution < -0.4 is 0 Å². The number of nitrogens with zero attached hydrogens (tertiary/aromatic N) is 6. The molecule has 1 saturated heterocycles. The Hall–Kier alpha value is -3.04. The number of amides is 1. The van der Waals surface area contributed by atoms with E-state index < -0.39 is 10.8 Å². The second-order valence-electron chi connectivity index (χ2n) is 6.76. The highest BCUT2D eigenvalue weighted by Gasteiger charge is 2.51. The zero-order valence-corrected chi connectivity index (χ0v) is 16.7. The highest BCUT2D eigenvalue weighted by Crippen LogP contribution is 2.41. The number of oxazole rings is 1. The molecule has 1 fully saturated rings. The summed E-state index contributed by atoms with van der Waals surface area (Å²) >= 11 is 4.81. The van der Waals surface area contributed by atoms with Gasteiger partial charge in [-0.3, -0.25) is 4.79 Å². The van der Waals surface area contributed by atoms with Crippen LogP contribution in [0.5, 0.6) is 0 Å². The minimum Gasteiger partial charge on any atom is -0.432 e. The summed E-state index contributed by atoms with van der Waals surface area (Å²) in [5.41, 5.74) is 0.858. The molecule has 144 valence electrons. The van der Waals surface area contributed by atoms with Gasteiger partial charge in [0, 0.05) is 30.3 Å². The fourth-order valence-corrected chi connectivity index (χ4v) is 4.11. The van der Waals surface area contributed by atoms with Crippen molar-refractivity contribution in [2.75, 3.05) is 13.1 Å². The van der Waals surface area contributed by atoms with E-state index >= 15 is 0 Å². The first-order chi connectivity index (χ1) is 13.3. The molecule has 0 bridgehead atoms. The fraction of sp³-hybridized carbons (Fsp3) is 0.421. The van der Waals surface area contributed by atoms with Gasteiger partial charge in [-0.15, -0.1) is 12.6 Å². The van der Waals surface area contributed by atoms with Crippen LogP contribution in [0.1, 0.15) is 37.2 Å². The summed E-state index contributed by atoms with van der Waals surface area (Å²) in [6, 6.07) is 5.18. The summed E-state index contributed by atoms with van der Waals surface area (Å²) in [7, 11) is 0. The average Bonchev–Trinajstić information content (AvgIpc) is 3.29. The standard InChI is InChI=1S/C19H20N6O2S/c1-4-25(19(28)10-24(11-21)13(3)12(19)2)18(26)17-23-9-16(27-17)14-5-6-22-15(7-14)8-20/h5-7,9,12-13,28H,4,10H2,1-3H3/t12-,13?,19?/m0/s1. The topological polar surface area (TPSA) is 110 Å². The molecule has 0 spiro atoms. The van der Waals surface area contributed by atoms with Gasteiger partial charge in [-0.05, 0) is 26.0 Å². The molecule has 3 heterocycles. The van der Waals surface area contributed by atoms with E-state index in [0.717, 1.165) is 0 Å². The minimum atomic E-state index is -0.819. The van der Waals surface area contributed by atoms with E-state index in [1.165, 1.54) is 12.4 Å². The first-order valence-electron chi connectivity index (χ1n) is 8.88. The lowest BCUT2D eigenvalue weighted by molar-refractivity contribution is 0.0580. The van der Waals surface area contributed by atoms with Crippen molar-refractivity contribution in [2.45, 2.75) is 31.7 Å². The van der Waals surface area contributed by atoms with Gasteiger partial charge in [0.15, 0.2) is 12.0 Å². The van der Waals surface area contributed by atoms with Crippen molar-refractivity contribution in [2.24, 2.45) is 5.92 Å². The summed E-state index contributed by atoms with van der Waals surface area (Å²) in [6.07, 6.45) is 5.12. The van der Waals surface area contributed by atoms with E-state index in [0.29, 0.717) is 24.4 Å². The second-order valence-corrected chi connectivity index (χ2v) is 7.53. The Morgan fingerprint density at radius 1 is 1.46 bits per heavy atom. The van der Waals surface area contributed by atoms with Crippen LogP contribution in [0.4, 0.5) is 0 Å². The molecular weight excluding hydrogens is 376 g/mol. The number of hydrogen-bond acceptors (Lipinski definition) is 8. The lowest BCUT2D eigenvalue weighted by atomic mass is 9.97. The van der Waals surface area contributed by atoms with Crippen LogP contribution in [0.3, 0.4) is 0 Å². The summed E-state index contributed by atoms with van der Waals surface area (Å²) in [5, 5.41) is 18.3. The van der Waals surface area contributed by atoms with Crippen molar-refractivity contribution >= 4 is 18.5 Å². The zero-order chi connectivity index (χ0) is 20.5. The number of carbonyl (C=O) groups excluding carboxylic acids is 1. The Balaban J connectivity index is 1.90. The summed E-state index contributed by atoms with van der Waals surface area (Å²) in [4.78, 5) is 23.6. The third kappa shape index (κ3) is 3.19. The van der Waals surface area contributed by atoms with Crippen molar-refractivity contribution in [1.82, 2.24) is 19.8 Å². The average molecular weight is 396 g/mol. The molecule has 3 atom stereocenters. The number of nitriles is 2. The van der Waals surface area contributed by atoms with Crippen LogP contribution in [0.2, 0.25) is 0 Å². The summed E-state index contributed by atoms with van der Waals surface area (Å²) < 4.78 is 5.68. The highest BCUT2D eigenvalue weighted by atomic mass is 32.1.